The molecule has 3 nitrogen and oxygen atoms in total. The Morgan fingerprint density at radius 2 is 2.18 bits per heavy atom. The number of benzene rings is 1. The first-order valence-electron chi connectivity index (χ1n) is 5.57. The van der Waals surface area contributed by atoms with Crippen LogP contribution in [-0.4, -0.2) is 23.6 Å². The van der Waals surface area contributed by atoms with E-state index in [9.17, 15) is 0 Å². The molecular weight excluding hydrogens is 234 g/mol. The summed E-state index contributed by atoms with van der Waals surface area (Å²) >= 11 is 5.88. The van der Waals surface area contributed by atoms with Crippen molar-refractivity contribution in [1.29, 1.82) is 0 Å². The van der Waals surface area contributed by atoms with Crippen molar-refractivity contribution < 1.29 is 0 Å². The lowest BCUT2D eigenvalue weighted by Crippen LogP contribution is -2.12. The quantitative estimate of drug-likeness (QED) is 0.724. The molecule has 2 heterocycles. The van der Waals surface area contributed by atoms with E-state index >= 15 is 0 Å². The van der Waals surface area contributed by atoms with Crippen LogP contribution < -0.4 is 4.90 Å². The fourth-order valence-electron chi connectivity index (χ4n) is 2.18. The van der Waals surface area contributed by atoms with E-state index in [-0.39, 0.29) is 0 Å². The second-order valence-corrected chi connectivity index (χ2v) is 4.61. The Morgan fingerprint density at radius 3 is 3.00 bits per heavy atom. The van der Waals surface area contributed by atoms with E-state index in [1.54, 1.807) is 12.3 Å². The number of rotatable bonds is 1. The highest BCUT2D eigenvalue weighted by Gasteiger charge is 2.16. The van der Waals surface area contributed by atoms with Gasteiger partial charge in [0.15, 0.2) is 5.82 Å². The van der Waals surface area contributed by atoms with Crippen molar-refractivity contribution in [3.05, 3.63) is 41.2 Å². The van der Waals surface area contributed by atoms with Gasteiger partial charge in [-0.15, -0.1) is 0 Å². The molecule has 0 fully saturated rings. The summed E-state index contributed by atoms with van der Waals surface area (Å²) in [5.74, 6) is 0.690. The SMILES string of the molecule is CN1CCc2cc(-c3nccc(Cl)n3)ccc21. The highest BCUT2D eigenvalue weighted by atomic mass is 35.5. The first kappa shape index (κ1) is 10.5. The topological polar surface area (TPSA) is 29.0 Å². The van der Waals surface area contributed by atoms with Gasteiger partial charge in [0.25, 0.3) is 0 Å². The van der Waals surface area contributed by atoms with Crippen molar-refractivity contribution in [2.45, 2.75) is 6.42 Å². The molecular formula is C13H12ClN3. The Morgan fingerprint density at radius 1 is 1.29 bits per heavy atom. The summed E-state index contributed by atoms with van der Waals surface area (Å²) in [5, 5.41) is 0.479. The first-order chi connectivity index (χ1) is 8.24. The molecule has 3 rings (SSSR count). The third-order valence-corrected chi connectivity index (χ3v) is 3.30. The predicted octanol–water partition coefficient (Wildman–Crippen LogP) is 2.79. The standard InChI is InChI=1S/C13H12ClN3/c1-17-7-5-9-8-10(2-3-11(9)17)13-15-6-4-12(14)16-13/h2-4,6,8H,5,7H2,1H3. The predicted molar refractivity (Wildman–Crippen MR) is 69.5 cm³/mol. The van der Waals surface area contributed by atoms with Crippen molar-refractivity contribution in [3.63, 3.8) is 0 Å². The summed E-state index contributed by atoms with van der Waals surface area (Å²) < 4.78 is 0. The zero-order chi connectivity index (χ0) is 11.8. The monoisotopic (exact) mass is 245 g/mol. The number of fused-ring (bicyclic) bond motifs is 1. The molecule has 1 aliphatic rings. The van der Waals surface area contributed by atoms with Gasteiger partial charge in [-0.3, -0.25) is 0 Å². The van der Waals surface area contributed by atoms with Crippen LogP contribution in [0.15, 0.2) is 30.5 Å². The summed E-state index contributed by atoms with van der Waals surface area (Å²) in [6, 6.07) is 8.02. The summed E-state index contributed by atoms with van der Waals surface area (Å²) in [6.07, 6.45) is 2.77. The summed E-state index contributed by atoms with van der Waals surface area (Å²) in [5.41, 5.74) is 3.69. The molecule has 4 heteroatoms. The molecule has 0 unspecified atom stereocenters. The van der Waals surface area contributed by atoms with E-state index < -0.39 is 0 Å². The molecule has 1 aromatic carbocycles. The number of aromatic nitrogens is 2. The first-order valence-corrected chi connectivity index (χ1v) is 5.95. The second kappa shape index (κ2) is 4.00. The van der Waals surface area contributed by atoms with E-state index in [1.807, 2.05) is 6.07 Å². The second-order valence-electron chi connectivity index (χ2n) is 4.22. The van der Waals surface area contributed by atoms with E-state index in [1.165, 1.54) is 11.3 Å². The van der Waals surface area contributed by atoms with Crippen LogP contribution >= 0.6 is 11.6 Å². The number of halogens is 1. The van der Waals surface area contributed by atoms with Gasteiger partial charge in [-0.25, -0.2) is 9.97 Å². The molecule has 0 aliphatic carbocycles. The number of anilines is 1. The maximum Gasteiger partial charge on any atom is 0.160 e. The summed E-state index contributed by atoms with van der Waals surface area (Å²) in [7, 11) is 2.11. The third kappa shape index (κ3) is 1.87. The van der Waals surface area contributed by atoms with Crippen LogP contribution in [0.3, 0.4) is 0 Å². The molecule has 0 radical (unpaired) electrons. The highest BCUT2D eigenvalue weighted by Crippen LogP contribution is 2.30. The van der Waals surface area contributed by atoms with Gasteiger partial charge in [-0.1, -0.05) is 11.6 Å². The van der Waals surface area contributed by atoms with Crippen LogP contribution in [-0.2, 0) is 6.42 Å². The summed E-state index contributed by atoms with van der Waals surface area (Å²) in [6.45, 7) is 1.08. The normalized spacial score (nSPS) is 13.9. The van der Waals surface area contributed by atoms with Crippen LogP contribution in [0.2, 0.25) is 5.15 Å². The third-order valence-electron chi connectivity index (χ3n) is 3.09. The molecule has 0 saturated carbocycles. The van der Waals surface area contributed by atoms with Gasteiger partial charge in [0.05, 0.1) is 0 Å². The molecule has 86 valence electrons. The van der Waals surface area contributed by atoms with Crippen LogP contribution in [0.5, 0.6) is 0 Å². The molecule has 2 aromatic rings. The smallest absolute Gasteiger partial charge is 0.160 e. The average Bonchev–Trinajstić information content (AvgIpc) is 2.71. The maximum atomic E-state index is 5.88. The lowest BCUT2D eigenvalue weighted by Gasteiger charge is -2.11. The number of nitrogens with zero attached hydrogens (tertiary/aromatic N) is 3. The fourth-order valence-corrected chi connectivity index (χ4v) is 2.32. The average molecular weight is 246 g/mol. The van der Waals surface area contributed by atoms with Crippen LogP contribution in [0.25, 0.3) is 11.4 Å². The molecule has 0 N–H and O–H groups in total. The Labute approximate surface area is 105 Å². The van der Waals surface area contributed by atoms with Crippen molar-refractivity contribution in [1.82, 2.24) is 9.97 Å². The molecule has 0 spiro atoms. The van der Waals surface area contributed by atoms with Gasteiger partial charge in [0.1, 0.15) is 5.15 Å². The zero-order valence-electron chi connectivity index (χ0n) is 9.52. The fraction of sp³-hybridized carbons (Fsp3) is 0.231. The van der Waals surface area contributed by atoms with E-state index in [2.05, 4.69) is 34.0 Å². The van der Waals surface area contributed by atoms with Crippen molar-refractivity contribution in [2.24, 2.45) is 0 Å². The molecule has 0 atom stereocenters. The van der Waals surface area contributed by atoms with Crippen LogP contribution in [0, 0.1) is 0 Å². The van der Waals surface area contributed by atoms with Crippen molar-refractivity contribution >= 4 is 17.3 Å². The van der Waals surface area contributed by atoms with Crippen LogP contribution in [0.4, 0.5) is 5.69 Å². The van der Waals surface area contributed by atoms with Gasteiger partial charge >= 0.3 is 0 Å². The molecule has 0 saturated heterocycles. The number of hydrogen-bond acceptors (Lipinski definition) is 3. The Balaban J connectivity index is 2.06. The molecule has 17 heavy (non-hydrogen) atoms. The molecule has 0 amide bonds. The minimum atomic E-state index is 0.479. The Kier molecular flexibility index (Phi) is 2.48. The van der Waals surface area contributed by atoms with Crippen molar-refractivity contribution in [3.8, 4) is 11.4 Å². The van der Waals surface area contributed by atoms with Gasteiger partial charge in [-0.2, -0.15) is 0 Å². The number of likely N-dealkylation sites (N-methyl/N-ethyl adjacent to an activating group) is 1. The molecule has 1 aromatic heterocycles. The van der Waals surface area contributed by atoms with Gasteiger partial charge in [-0.05, 0) is 36.2 Å². The Bertz CT molecular complexity index is 568. The van der Waals surface area contributed by atoms with Gasteiger partial charge < -0.3 is 4.90 Å². The minimum absolute atomic E-state index is 0.479. The highest BCUT2D eigenvalue weighted by molar-refractivity contribution is 6.29. The lowest BCUT2D eigenvalue weighted by atomic mass is 10.1. The lowest BCUT2D eigenvalue weighted by molar-refractivity contribution is 0.956. The van der Waals surface area contributed by atoms with Crippen LogP contribution in [0.1, 0.15) is 5.56 Å². The largest absolute Gasteiger partial charge is 0.374 e. The van der Waals surface area contributed by atoms with E-state index in [0.29, 0.717) is 11.0 Å². The number of hydrogen-bond donors (Lipinski definition) is 0. The minimum Gasteiger partial charge on any atom is -0.374 e. The van der Waals surface area contributed by atoms with E-state index in [0.717, 1.165) is 18.5 Å². The van der Waals surface area contributed by atoms with Gasteiger partial charge in [0.2, 0.25) is 0 Å². The molecule has 1 aliphatic heterocycles. The van der Waals surface area contributed by atoms with Gasteiger partial charge in [0, 0.05) is 31.0 Å². The zero-order valence-corrected chi connectivity index (χ0v) is 10.3. The van der Waals surface area contributed by atoms with E-state index in [4.69, 9.17) is 11.6 Å². The Hall–Kier alpha value is -1.61. The van der Waals surface area contributed by atoms with Crippen molar-refractivity contribution in [2.75, 3.05) is 18.5 Å². The maximum absolute atomic E-state index is 5.88. The summed E-state index contributed by atoms with van der Waals surface area (Å²) in [4.78, 5) is 10.7. The molecule has 0 bridgehead atoms.